The Morgan fingerprint density at radius 3 is 1.84 bits per heavy atom. The number of aromatic carboxylic acids is 1. The first kappa shape index (κ1) is 16.7. The van der Waals surface area contributed by atoms with E-state index in [4.69, 9.17) is 10.1 Å². The lowest BCUT2D eigenvalue weighted by molar-refractivity contribution is -0.0000202. The summed E-state index contributed by atoms with van der Waals surface area (Å²) in [6, 6.07) is 22.7. The van der Waals surface area contributed by atoms with E-state index in [-0.39, 0.29) is 18.0 Å². The minimum absolute atomic E-state index is 0. The molecule has 0 fully saturated rings. The number of fused-ring (bicyclic) bond motifs is 2. The van der Waals surface area contributed by atoms with Crippen LogP contribution in [0.4, 0.5) is 11.4 Å². The molecule has 0 saturated carbocycles. The summed E-state index contributed by atoms with van der Waals surface area (Å²) in [5.41, 5.74) is 3.91. The second-order valence-electron chi connectivity index (χ2n) is 5.53. The first-order chi connectivity index (χ1) is 11.7. The molecule has 0 radical (unpaired) electrons. The molecule has 25 heavy (non-hydrogen) atoms. The third-order valence-corrected chi connectivity index (χ3v) is 3.99. The van der Waals surface area contributed by atoms with E-state index in [1.807, 2.05) is 48.5 Å². The van der Waals surface area contributed by atoms with Crippen molar-refractivity contribution < 1.29 is 22.3 Å². The zero-order valence-corrected chi connectivity index (χ0v) is 13.9. The normalized spacial score (nSPS) is 10.4. The van der Waals surface area contributed by atoms with Gasteiger partial charge >= 0.3 is 5.97 Å². The monoisotopic (exact) mass is 349 g/mol. The second kappa shape index (κ2) is 6.79. The maximum Gasteiger partial charge on any atom is 0.335 e. The van der Waals surface area contributed by atoms with Gasteiger partial charge < -0.3 is 22.8 Å². The minimum atomic E-state index is -0.929. The van der Waals surface area contributed by atoms with E-state index >= 15 is 0 Å². The number of halogens is 1. The van der Waals surface area contributed by atoms with Crippen LogP contribution in [0.2, 0.25) is 0 Å². The van der Waals surface area contributed by atoms with Crippen molar-refractivity contribution in [2.24, 2.45) is 0 Å². The fraction of sp³-hybridized carbons (Fsp3) is 0. The van der Waals surface area contributed by atoms with Gasteiger partial charge in [-0.25, -0.2) is 9.78 Å². The molecule has 0 amide bonds. The molecule has 3 aromatic carbocycles. The van der Waals surface area contributed by atoms with Crippen molar-refractivity contribution in [2.45, 2.75) is 0 Å². The number of nitrogens with one attached hydrogen (secondary N) is 1. The molecular weight excluding hydrogens is 336 g/mol. The summed E-state index contributed by atoms with van der Waals surface area (Å²) in [6.45, 7) is 0. The maximum atomic E-state index is 11.0. The molecule has 1 heterocycles. The second-order valence-corrected chi connectivity index (χ2v) is 5.53. The van der Waals surface area contributed by atoms with Crippen LogP contribution in [-0.4, -0.2) is 16.1 Å². The Kier molecular flexibility index (Phi) is 4.55. The van der Waals surface area contributed by atoms with Crippen molar-refractivity contribution in [1.82, 2.24) is 4.98 Å². The minimum Gasteiger partial charge on any atom is -1.00 e. The number of carbonyl (C=O) groups is 1. The highest BCUT2D eigenvalue weighted by molar-refractivity contribution is 6.08. The molecule has 4 rings (SSSR count). The molecule has 124 valence electrons. The highest BCUT2D eigenvalue weighted by atomic mass is 35.5. The first-order valence-corrected chi connectivity index (χ1v) is 7.60. The van der Waals surface area contributed by atoms with E-state index in [1.54, 1.807) is 24.3 Å². The van der Waals surface area contributed by atoms with Crippen LogP contribution in [-0.2, 0) is 0 Å². The van der Waals surface area contributed by atoms with Crippen molar-refractivity contribution >= 4 is 39.1 Å². The van der Waals surface area contributed by atoms with Gasteiger partial charge in [-0.2, -0.15) is 0 Å². The van der Waals surface area contributed by atoms with E-state index in [0.717, 1.165) is 33.2 Å². The molecule has 0 atom stereocenters. The molecule has 2 N–H and O–H groups in total. The van der Waals surface area contributed by atoms with Gasteiger partial charge in [0.05, 0.1) is 22.3 Å². The number of aromatic nitrogens is 1. The predicted molar refractivity (Wildman–Crippen MR) is 95.9 cm³/mol. The molecular formula is C20H14ClN2O2-. The fourth-order valence-electron chi connectivity index (χ4n) is 2.82. The highest BCUT2D eigenvalue weighted by Crippen LogP contribution is 2.32. The van der Waals surface area contributed by atoms with Gasteiger partial charge in [-0.15, -0.1) is 0 Å². The summed E-state index contributed by atoms with van der Waals surface area (Å²) in [5, 5.41) is 14.5. The number of pyridine rings is 1. The third-order valence-electron chi connectivity index (χ3n) is 3.99. The van der Waals surface area contributed by atoms with E-state index in [1.165, 1.54) is 0 Å². The molecule has 4 nitrogen and oxygen atoms in total. The lowest BCUT2D eigenvalue weighted by atomic mass is 10.1. The van der Waals surface area contributed by atoms with Gasteiger partial charge in [0.1, 0.15) is 0 Å². The largest absolute Gasteiger partial charge is 1.00 e. The van der Waals surface area contributed by atoms with Crippen molar-refractivity contribution in [3.8, 4) is 0 Å². The summed E-state index contributed by atoms with van der Waals surface area (Å²) >= 11 is 0. The summed E-state index contributed by atoms with van der Waals surface area (Å²) < 4.78 is 0. The van der Waals surface area contributed by atoms with Crippen LogP contribution in [0.25, 0.3) is 21.8 Å². The summed E-state index contributed by atoms with van der Waals surface area (Å²) in [5.74, 6) is -0.929. The molecule has 0 unspecified atom stereocenters. The van der Waals surface area contributed by atoms with E-state index in [0.29, 0.717) is 0 Å². The summed E-state index contributed by atoms with van der Waals surface area (Å²) in [7, 11) is 0. The van der Waals surface area contributed by atoms with Crippen molar-refractivity contribution in [3.05, 3.63) is 78.4 Å². The van der Waals surface area contributed by atoms with Crippen LogP contribution in [0.3, 0.4) is 0 Å². The van der Waals surface area contributed by atoms with Gasteiger partial charge in [0.2, 0.25) is 0 Å². The molecule has 0 saturated heterocycles. The average molecular weight is 350 g/mol. The number of hydrogen-bond donors (Lipinski definition) is 2. The Morgan fingerprint density at radius 1 is 0.800 bits per heavy atom. The number of nitrogens with zero attached hydrogens (tertiary/aromatic N) is 1. The SMILES string of the molecule is O=C(O)c1ccc(Nc2c3ccccc3nc3ccccc23)cc1.[Cl-]. The first-order valence-electron chi connectivity index (χ1n) is 7.60. The van der Waals surface area contributed by atoms with Crippen molar-refractivity contribution in [1.29, 1.82) is 0 Å². The zero-order valence-electron chi connectivity index (χ0n) is 13.1. The number of hydrogen-bond acceptors (Lipinski definition) is 3. The standard InChI is InChI=1S/C20H14N2O2.ClH/c23-20(24)13-9-11-14(12-10-13)21-19-15-5-1-3-7-17(15)22-18-8-4-2-6-16(18)19;/h1-12H,(H,21,22)(H,23,24);1H/p-1. The van der Waals surface area contributed by atoms with Crippen molar-refractivity contribution in [3.63, 3.8) is 0 Å². The van der Waals surface area contributed by atoms with Gasteiger partial charge in [0.25, 0.3) is 0 Å². The van der Waals surface area contributed by atoms with Gasteiger partial charge in [0, 0.05) is 16.5 Å². The van der Waals surface area contributed by atoms with Crippen molar-refractivity contribution in [2.75, 3.05) is 5.32 Å². The quantitative estimate of drug-likeness (QED) is 0.554. The number of benzene rings is 3. The van der Waals surface area contributed by atoms with Crippen LogP contribution in [0, 0.1) is 0 Å². The van der Waals surface area contributed by atoms with Gasteiger partial charge in [-0.05, 0) is 36.4 Å². The third kappa shape index (κ3) is 3.12. The average Bonchev–Trinajstić information content (AvgIpc) is 2.62. The van der Waals surface area contributed by atoms with Crippen LogP contribution in [0.15, 0.2) is 72.8 Å². The number of para-hydroxylation sites is 2. The predicted octanol–water partition coefficient (Wildman–Crippen LogP) is 1.83. The molecule has 0 bridgehead atoms. The molecule has 0 aliphatic carbocycles. The lowest BCUT2D eigenvalue weighted by Crippen LogP contribution is -3.00. The number of carboxylic acids is 1. The van der Waals surface area contributed by atoms with Gasteiger partial charge in [0.15, 0.2) is 0 Å². The molecule has 4 aromatic rings. The Balaban J connectivity index is 0.00000182. The Bertz CT molecular complexity index is 1010. The van der Waals surface area contributed by atoms with Crippen LogP contribution in [0.1, 0.15) is 10.4 Å². The number of anilines is 2. The van der Waals surface area contributed by atoms with Crippen LogP contribution < -0.4 is 17.7 Å². The molecule has 0 aliphatic rings. The highest BCUT2D eigenvalue weighted by Gasteiger charge is 2.09. The summed E-state index contributed by atoms with van der Waals surface area (Å²) in [4.78, 5) is 15.7. The van der Waals surface area contributed by atoms with Crippen LogP contribution >= 0.6 is 0 Å². The Labute approximate surface area is 150 Å². The Morgan fingerprint density at radius 2 is 1.32 bits per heavy atom. The van der Waals surface area contributed by atoms with Gasteiger partial charge in [-0.1, -0.05) is 36.4 Å². The van der Waals surface area contributed by atoms with E-state index in [9.17, 15) is 4.79 Å². The number of carboxylic acid groups (broad SMARTS) is 1. The number of rotatable bonds is 3. The topological polar surface area (TPSA) is 62.2 Å². The molecule has 0 spiro atoms. The van der Waals surface area contributed by atoms with Gasteiger partial charge in [-0.3, -0.25) is 0 Å². The van der Waals surface area contributed by atoms with Crippen LogP contribution in [0.5, 0.6) is 0 Å². The smallest absolute Gasteiger partial charge is 0.335 e. The van der Waals surface area contributed by atoms with E-state index < -0.39 is 5.97 Å². The zero-order chi connectivity index (χ0) is 16.5. The Hall–Kier alpha value is -3.11. The molecule has 5 heteroatoms. The molecule has 0 aliphatic heterocycles. The maximum absolute atomic E-state index is 11.0. The fourth-order valence-corrected chi connectivity index (χ4v) is 2.82. The molecule has 1 aromatic heterocycles. The lowest BCUT2D eigenvalue weighted by Gasteiger charge is -2.13. The summed E-state index contributed by atoms with van der Waals surface area (Å²) in [6.07, 6.45) is 0. The van der Waals surface area contributed by atoms with E-state index in [2.05, 4.69) is 5.32 Å².